The van der Waals surface area contributed by atoms with E-state index in [4.69, 9.17) is 0 Å². The smallest absolute Gasteiger partial charge is 0.0753 e. The lowest BCUT2D eigenvalue weighted by Gasteiger charge is -2.37. The number of rotatable bonds is 3. The van der Waals surface area contributed by atoms with Crippen LogP contribution in [0, 0.1) is 0 Å². The number of piperazine rings is 1. The van der Waals surface area contributed by atoms with Gasteiger partial charge in [-0.2, -0.15) is 0 Å². The summed E-state index contributed by atoms with van der Waals surface area (Å²) in [6, 6.07) is 4.83. The van der Waals surface area contributed by atoms with Crippen molar-refractivity contribution < 1.29 is 0 Å². The van der Waals surface area contributed by atoms with E-state index in [0.717, 1.165) is 18.6 Å². The zero-order chi connectivity index (χ0) is 15.6. The molecule has 2 saturated heterocycles. The highest BCUT2D eigenvalue weighted by Crippen LogP contribution is 2.29. The second kappa shape index (κ2) is 6.42. The van der Waals surface area contributed by atoms with Crippen molar-refractivity contribution in [1.82, 2.24) is 19.8 Å². The van der Waals surface area contributed by atoms with E-state index in [9.17, 15) is 0 Å². The van der Waals surface area contributed by atoms with Gasteiger partial charge in [0.2, 0.25) is 0 Å². The highest BCUT2D eigenvalue weighted by Gasteiger charge is 2.30. The molecule has 2 aromatic rings. The van der Waals surface area contributed by atoms with E-state index in [2.05, 4.69) is 37.7 Å². The maximum atomic E-state index is 4.46. The third kappa shape index (κ3) is 2.91. The lowest BCUT2D eigenvalue weighted by molar-refractivity contribution is 0.107. The number of pyridine rings is 2. The first kappa shape index (κ1) is 14.8. The Balaban J connectivity index is 1.48. The van der Waals surface area contributed by atoms with Crippen molar-refractivity contribution in [3.05, 3.63) is 30.7 Å². The largest absolute Gasteiger partial charge is 0.369 e. The van der Waals surface area contributed by atoms with Crippen molar-refractivity contribution in [2.45, 2.75) is 19.4 Å². The van der Waals surface area contributed by atoms with E-state index in [1.165, 1.54) is 50.2 Å². The fourth-order valence-electron chi connectivity index (χ4n) is 3.95. The van der Waals surface area contributed by atoms with Crippen molar-refractivity contribution in [2.75, 3.05) is 50.7 Å². The molecule has 1 atom stereocenters. The zero-order valence-corrected chi connectivity index (χ0v) is 13.9. The molecule has 122 valence electrons. The molecule has 0 amide bonds. The molecule has 0 aliphatic carbocycles. The van der Waals surface area contributed by atoms with E-state index >= 15 is 0 Å². The molecule has 23 heavy (non-hydrogen) atoms. The average Bonchev–Trinajstić information content (AvgIpc) is 3.11. The van der Waals surface area contributed by atoms with Gasteiger partial charge in [0.1, 0.15) is 0 Å². The molecule has 0 aromatic carbocycles. The standard InChI is InChI=1S/C18H25N5/c1-2-21-9-11-22(12-10-21)15-5-8-23(14-15)18-4-7-20-17-3-6-19-13-16(17)18/h3-4,6-7,13,15H,2,5,8-12,14H2,1H3. The van der Waals surface area contributed by atoms with Gasteiger partial charge in [-0.3, -0.25) is 14.9 Å². The molecule has 2 aromatic heterocycles. The van der Waals surface area contributed by atoms with Gasteiger partial charge in [-0.15, -0.1) is 0 Å². The Bertz CT molecular complexity index is 660. The van der Waals surface area contributed by atoms with Crippen LogP contribution in [0.1, 0.15) is 13.3 Å². The van der Waals surface area contributed by atoms with Crippen LogP contribution in [-0.4, -0.2) is 71.6 Å². The van der Waals surface area contributed by atoms with Gasteiger partial charge in [0.25, 0.3) is 0 Å². The predicted molar refractivity (Wildman–Crippen MR) is 93.8 cm³/mol. The monoisotopic (exact) mass is 311 g/mol. The SMILES string of the molecule is CCN1CCN(C2CCN(c3ccnc4ccncc34)C2)CC1. The number of fused-ring (bicyclic) bond motifs is 1. The fourth-order valence-corrected chi connectivity index (χ4v) is 3.95. The number of hydrogen-bond donors (Lipinski definition) is 0. The van der Waals surface area contributed by atoms with Crippen LogP contribution < -0.4 is 4.90 Å². The maximum absolute atomic E-state index is 4.46. The molecule has 4 heterocycles. The Morgan fingerprint density at radius 3 is 2.78 bits per heavy atom. The average molecular weight is 311 g/mol. The molecule has 4 rings (SSSR count). The van der Waals surface area contributed by atoms with Crippen molar-refractivity contribution in [3.8, 4) is 0 Å². The van der Waals surface area contributed by atoms with Gasteiger partial charge in [-0.25, -0.2) is 0 Å². The highest BCUT2D eigenvalue weighted by atomic mass is 15.3. The number of aromatic nitrogens is 2. The lowest BCUT2D eigenvalue weighted by Crippen LogP contribution is -2.50. The summed E-state index contributed by atoms with van der Waals surface area (Å²) >= 11 is 0. The second-order valence-electron chi connectivity index (χ2n) is 6.58. The van der Waals surface area contributed by atoms with Gasteiger partial charge >= 0.3 is 0 Å². The molecule has 2 aliphatic heterocycles. The van der Waals surface area contributed by atoms with Crippen LogP contribution in [0.15, 0.2) is 30.7 Å². The quantitative estimate of drug-likeness (QED) is 0.864. The molecule has 2 fully saturated rings. The molecule has 2 aliphatic rings. The Morgan fingerprint density at radius 1 is 1.09 bits per heavy atom. The normalized spacial score (nSPS) is 23.7. The molecule has 5 nitrogen and oxygen atoms in total. The first-order chi connectivity index (χ1) is 11.3. The number of nitrogens with zero attached hydrogens (tertiary/aromatic N) is 5. The zero-order valence-electron chi connectivity index (χ0n) is 13.9. The molecule has 0 bridgehead atoms. The molecular formula is C18H25N5. The van der Waals surface area contributed by atoms with Crippen molar-refractivity contribution >= 4 is 16.6 Å². The van der Waals surface area contributed by atoms with Crippen LogP contribution in [0.4, 0.5) is 5.69 Å². The Morgan fingerprint density at radius 2 is 1.96 bits per heavy atom. The Hall–Kier alpha value is -1.72. The van der Waals surface area contributed by atoms with Crippen LogP contribution >= 0.6 is 0 Å². The van der Waals surface area contributed by atoms with Crippen LogP contribution in [0.3, 0.4) is 0 Å². The molecule has 0 saturated carbocycles. The molecule has 0 radical (unpaired) electrons. The lowest BCUT2D eigenvalue weighted by atomic mass is 10.2. The molecule has 0 spiro atoms. The summed E-state index contributed by atoms with van der Waals surface area (Å²) in [5.74, 6) is 0. The Kier molecular flexibility index (Phi) is 4.14. The van der Waals surface area contributed by atoms with Crippen molar-refractivity contribution in [3.63, 3.8) is 0 Å². The van der Waals surface area contributed by atoms with Gasteiger partial charge in [0.05, 0.1) is 5.52 Å². The predicted octanol–water partition coefficient (Wildman–Crippen LogP) is 1.85. The van der Waals surface area contributed by atoms with Gasteiger partial charge in [-0.05, 0) is 25.1 Å². The van der Waals surface area contributed by atoms with E-state index in [1.54, 1.807) is 0 Å². The summed E-state index contributed by atoms with van der Waals surface area (Å²) in [5, 5.41) is 1.17. The van der Waals surface area contributed by atoms with Gasteiger partial charge in [-0.1, -0.05) is 6.92 Å². The van der Waals surface area contributed by atoms with Crippen molar-refractivity contribution in [2.24, 2.45) is 0 Å². The Labute approximate surface area is 137 Å². The van der Waals surface area contributed by atoms with Crippen LogP contribution in [0.2, 0.25) is 0 Å². The highest BCUT2D eigenvalue weighted by molar-refractivity contribution is 5.90. The van der Waals surface area contributed by atoms with E-state index in [0.29, 0.717) is 6.04 Å². The van der Waals surface area contributed by atoms with Gasteiger partial charge < -0.3 is 9.80 Å². The molecule has 5 heteroatoms. The van der Waals surface area contributed by atoms with E-state index < -0.39 is 0 Å². The van der Waals surface area contributed by atoms with Crippen LogP contribution in [0.5, 0.6) is 0 Å². The van der Waals surface area contributed by atoms with Crippen LogP contribution in [0.25, 0.3) is 10.9 Å². The summed E-state index contributed by atoms with van der Waals surface area (Å²) in [6.45, 7) is 10.6. The summed E-state index contributed by atoms with van der Waals surface area (Å²) in [7, 11) is 0. The summed E-state index contributed by atoms with van der Waals surface area (Å²) in [6.07, 6.45) is 6.95. The minimum atomic E-state index is 0.689. The number of likely N-dealkylation sites (N-methyl/N-ethyl adjacent to an activating group) is 1. The first-order valence-corrected chi connectivity index (χ1v) is 8.75. The van der Waals surface area contributed by atoms with Gasteiger partial charge in [0.15, 0.2) is 0 Å². The summed E-state index contributed by atoms with van der Waals surface area (Å²) in [4.78, 5) is 16.5. The third-order valence-electron chi connectivity index (χ3n) is 5.39. The number of anilines is 1. The topological polar surface area (TPSA) is 35.5 Å². The van der Waals surface area contributed by atoms with E-state index in [1.807, 2.05) is 24.7 Å². The van der Waals surface area contributed by atoms with Gasteiger partial charge in [0, 0.05) is 75.0 Å². The maximum Gasteiger partial charge on any atom is 0.0753 e. The second-order valence-corrected chi connectivity index (χ2v) is 6.58. The van der Waals surface area contributed by atoms with Crippen LogP contribution in [-0.2, 0) is 0 Å². The molecule has 1 unspecified atom stereocenters. The molecular weight excluding hydrogens is 286 g/mol. The molecule has 0 N–H and O–H groups in total. The fraction of sp³-hybridized carbons (Fsp3) is 0.556. The first-order valence-electron chi connectivity index (χ1n) is 8.75. The van der Waals surface area contributed by atoms with E-state index in [-0.39, 0.29) is 0 Å². The minimum Gasteiger partial charge on any atom is -0.369 e. The van der Waals surface area contributed by atoms with Crippen molar-refractivity contribution in [1.29, 1.82) is 0 Å². The summed E-state index contributed by atoms with van der Waals surface area (Å²) in [5.41, 5.74) is 2.33. The minimum absolute atomic E-state index is 0.689. The third-order valence-corrected chi connectivity index (χ3v) is 5.39. The summed E-state index contributed by atoms with van der Waals surface area (Å²) < 4.78 is 0. The number of hydrogen-bond acceptors (Lipinski definition) is 5.